The number of aromatic nitrogens is 2. The molecule has 8 heteroatoms. The molecule has 0 aliphatic heterocycles. The summed E-state index contributed by atoms with van der Waals surface area (Å²) in [4.78, 5) is 36.6. The third kappa shape index (κ3) is 5.22. The van der Waals surface area contributed by atoms with Crippen LogP contribution in [0.5, 0.6) is 0 Å². The molecule has 29 heavy (non-hydrogen) atoms. The smallest absolute Gasteiger partial charge is 0.338 e. The predicted octanol–water partition coefficient (Wildman–Crippen LogP) is 3.37. The Morgan fingerprint density at radius 1 is 1.10 bits per heavy atom. The van der Waals surface area contributed by atoms with Crippen molar-refractivity contribution in [3.05, 3.63) is 41.6 Å². The summed E-state index contributed by atoms with van der Waals surface area (Å²) in [5, 5.41) is 9.81. The molecule has 1 aliphatic rings. The van der Waals surface area contributed by atoms with Crippen molar-refractivity contribution in [3.63, 3.8) is 0 Å². The van der Waals surface area contributed by atoms with Crippen LogP contribution in [0.15, 0.2) is 30.3 Å². The second-order valence-electron chi connectivity index (χ2n) is 7.11. The van der Waals surface area contributed by atoms with Crippen LogP contribution >= 0.6 is 0 Å². The SMILES string of the molecule is CCOC(=O)c1ccc(NC(=O)c2cc(NC(=O)C3CCCCC3)n(C)n2)cc1. The van der Waals surface area contributed by atoms with E-state index in [0.29, 0.717) is 23.7 Å². The number of nitrogens with zero attached hydrogens (tertiary/aromatic N) is 2. The van der Waals surface area contributed by atoms with Crippen LogP contribution in [0, 0.1) is 5.92 Å². The van der Waals surface area contributed by atoms with Crippen molar-refractivity contribution >= 4 is 29.3 Å². The standard InChI is InChI=1S/C21H26N4O4/c1-3-29-21(28)15-9-11-16(12-10-15)22-20(27)17-13-18(25(2)24-17)23-19(26)14-7-5-4-6-8-14/h9-14H,3-8H2,1-2H3,(H,22,27)(H,23,26). The molecule has 1 aromatic heterocycles. The average molecular weight is 398 g/mol. The van der Waals surface area contributed by atoms with Crippen molar-refractivity contribution in [1.82, 2.24) is 9.78 Å². The highest BCUT2D eigenvalue weighted by Crippen LogP contribution is 2.25. The summed E-state index contributed by atoms with van der Waals surface area (Å²) in [6, 6.07) is 7.98. The van der Waals surface area contributed by atoms with E-state index in [1.807, 2.05) is 0 Å². The number of rotatable bonds is 6. The number of amides is 2. The number of esters is 1. The van der Waals surface area contributed by atoms with Crippen LogP contribution in [-0.2, 0) is 16.6 Å². The summed E-state index contributed by atoms with van der Waals surface area (Å²) in [6.45, 7) is 2.04. The Labute approximate surface area is 169 Å². The van der Waals surface area contributed by atoms with Gasteiger partial charge < -0.3 is 15.4 Å². The van der Waals surface area contributed by atoms with Gasteiger partial charge in [-0.05, 0) is 44.0 Å². The lowest BCUT2D eigenvalue weighted by molar-refractivity contribution is -0.120. The average Bonchev–Trinajstić information content (AvgIpc) is 3.10. The van der Waals surface area contributed by atoms with Crippen LogP contribution < -0.4 is 10.6 Å². The zero-order chi connectivity index (χ0) is 20.8. The number of hydrogen-bond donors (Lipinski definition) is 2. The quantitative estimate of drug-likeness (QED) is 0.727. The molecule has 0 radical (unpaired) electrons. The molecule has 1 heterocycles. The third-order valence-electron chi connectivity index (χ3n) is 4.99. The summed E-state index contributed by atoms with van der Waals surface area (Å²) in [6.07, 6.45) is 5.14. The monoisotopic (exact) mass is 398 g/mol. The van der Waals surface area contributed by atoms with Gasteiger partial charge in [0, 0.05) is 24.7 Å². The highest BCUT2D eigenvalue weighted by Gasteiger charge is 2.23. The van der Waals surface area contributed by atoms with Crippen LogP contribution in [-0.4, -0.2) is 34.2 Å². The fourth-order valence-electron chi connectivity index (χ4n) is 3.39. The Hall–Kier alpha value is -3.16. The number of ether oxygens (including phenoxy) is 1. The minimum atomic E-state index is -0.409. The van der Waals surface area contributed by atoms with Crippen molar-refractivity contribution in [3.8, 4) is 0 Å². The molecule has 3 rings (SSSR count). The van der Waals surface area contributed by atoms with E-state index >= 15 is 0 Å². The molecule has 1 aliphatic carbocycles. The molecule has 0 spiro atoms. The Morgan fingerprint density at radius 2 is 1.79 bits per heavy atom. The Morgan fingerprint density at radius 3 is 2.45 bits per heavy atom. The van der Waals surface area contributed by atoms with Gasteiger partial charge in [0.05, 0.1) is 12.2 Å². The maximum absolute atomic E-state index is 12.5. The molecule has 2 aromatic rings. The summed E-state index contributed by atoms with van der Waals surface area (Å²) in [5.74, 6) is -0.317. The Bertz CT molecular complexity index is 883. The summed E-state index contributed by atoms with van der Waals surface area (Å²) < 4.78 is 6.42. The van der Waals surface area contributed by atoms with Gasteiger partial charge in [0.15, 0.2) is 5.69 Å². The molecular formula is C21H26N4O4. The van der Waals surface area contributed by atoms with Gasteiger partial charge in [-0.15, -0.1) is 0 Å². The number of carbonyl (C=O) groups excluding carboxylic acids is 3. The highest BCUT2D eigenvalue weighted by molar-refractivity contribution is 6.04. The summed E-state index contributed by atoms with van der Waals surface area (Å²) in [5.41, 5.74) is 1.14. The molecule has 154 valence electrons. The van der Waals surface area contributed by atoms with E-state index in [1.165, 1.54) is 11.1 Å². The fraction of sp³-hybridized carbons (Fsp3) is 0.429. The largest absolute Gasteiger partial charge is 0.462 e. The molecule has 0 saturated heterocycles. The fourth-order valence-corrected chi connectivity index (χ4v) is 3.39. The number of anilines is 2. The topological polar surface area (TPSA) is 102 Å². The van der Waals surface area contributed by atoms with Gasteiger partial charge in [-0.2, -0.15) is 5.10 Å². The zero-order valence-electron chi connectivity index (χ0n) is 16.7. The first-order valence-electron chi connectivity index (χ1n) is 9.91. The van der Waals surface area contributed by atoms with Gasteiger partial charge in [-0.3, -0.25) is 14.3 Å². The third-order valence-corrected chi connectivity index (χ3v) is 4.99. The molecular weight excluding hydrogens is 372 g/mol. The first kappa shape index (κ1) is 20.6. The predicted molar refractivity (Wildman–Crippen MR) is 109 cm³/mol. The molecule has 0 atom stereocenters. The van der Waals surface area contributed by atoms with Crippen LogP contribution in [0.1, 0.15) is 59.9 Å². The number of aryl methyl sites for hydroxylation is 1. The minimum Gasteiger partial charge on any atom is -0.462 e. The van der Waals surface area contributed by atoms with E-state index in [0.717, 1.165) is 25.7 Å². The lowest BCUT2D eigenvalue weighted by atomic mass is 9.89. The van der Waals surface area contributed by atoms with Gasteiger partial charge in [0.25, 0.3) is 5.91 Å². The number of benzene rings is 1. The molecule has 8 nitrogen and oxygen atoms in total. The highest BCUT2D eigenvalue weighted by atomic mass is 16.5. The number of hydrogen-bond acceptors (Lipinski definition) is 5. The molecule has 1 aromatic carbocycles. The second-order valence-corrected chi connectivity index (χ2v) is 7.11. The van der Waals surface area contributed by atoms with E-state index in [1.54, 1.807) is 44.3 Å². The first-order chi connectivity index (χ1) is 14.0. The molecule has 1 saturated carbocycles. The second kappa shape index (κ2) is 9.36. The minimum absolute atomic E-state index is 0.0192. The van der Waals surface area contributed by atoms with Crippen LogP contribution in [0.2, 0.25) is 0 Å². The van der Waals surface area contributed by atoms with Gasteiger partial charge in [-0.25, -0.2) is 4.79 Å². The molecule has 2 N–H and O–H groups in total. The van der Waals surface area contributed by atoms with E-state index in [2.05, 4.69) is 15.7 Å². The maximum Gasteiger partial charge on any atom is 0.338 e. The number of carbonyl (C=O) groups is 3. The van der Waals surface area contributed by atoms with E-state index in [-0.39, 0.29) is 17.5 Å². The summed E-state index contributed by atoms with van der Waals surface area (Å²) >= 11 is 0. The lowest BCUT2D eigenvalue weighted by Gasteiger charge is -2.20. The van der Waals surface area contributed by atoms with Crippen molar-refractivity contribution in [2.24, 2.45) is 13.0 Å². The van der Waals surface area contributed by atoms with E-state index in [4.69, 9.17) is 4.74 Å². The first-order valence-corrected chi connectivity index (χ1v) is 9.91. The molecule has 0 unspecified atom stereocenters. The lowest BCUT2D eigenvalue weighted by Crippen LogP contribution is -2.25. The van der Waals surface area contributed by atoms with Crippen LogP contribution in [0.3, 0.4) is 0 Å². The Balaban J connectivity index is 1.62. The van der Waals surface area contributed by atoms with Crippen molar-refractivity contribution in [2.75, 3.05) is 17.2 Å². The van der Waals surface area contributed by atoms with Gasteiger partial charge in [0.2, 0.25) is 5.91 Å². The van der Waals surface area contributed by atoms with E-state index in [9.17, 15) is 14.4 Å². The van der Waals surface area contributed by atoms with E-state index < -0.39 is 11.9 Å². The van der Waals surface area contributed by atoms with Gasteiger partial charge >= 0.3 is 5.97 Å². The van der Waals surface area contributed by atoms with Crippen molar-refractivity contribution in [1.29, 1.82) is 0 Å². The van der Waals surface area contributed by atoms with Crippen molar-refractivity contribution in [2.45, 2.75) is 39.0 Å². The number of nitrogens with one attached hydrogen (secondary N) is 2. The summed E-state index contributed by atoms with van der Waals surface area (Å²) in [7, 11) is 1.68. The normalized spacial score (nSPS) is 14.3. The van der Waals surface area contributed by atoms with Crippen LogP contribution in [0.4, 0.5) is 11.5 Å². The van der Waals surface area contributed by atoms with Gasteiger partial charge in [-0.1, -0.05) is 19.3 Å². The van der Waals surface area contributed by atoms with Crippen LogP contribution in [0.25, 0.3) is 0 Å². The van der Waals surface area contributed by atoms with Gasteiger partial charge in [0.1, 0.15) is 5.82 Å². The molecule has 2 amide bonds. The maximum atomic E-state index is 12.5. The zero-order valence-corrected chi connectivity index (χ0v) is 16.7. The Kier molecular flexibility index (Phi) is 6.64. The molecule has 0 bridgehead atoms. The van der Waals surface area contributed by atoms with Crippen molar-refractivity contribution < 1.29 is 19.1 Å². The molecule has 1 fully saturated rings.